The monoisotopic (exact) mass is 290 g/mol. The highest BCUT2D eigenvalue weighted by atomic mass is 32.2. The Morgan fingerprint density at radius 2 is 2.35 bits per heavy atom. The van der Waals surface area contributed by atoms with Crippen LogP contribution in [0.4, 0.5) is 5.69 Å². The first-order valence-corrected chi connectivity index (χ1v) is 7.45. The molecule has 2 heterocycles. The molecule has 1 atom stereocenters. The quantitative estimate of drug-likeness (QED) is 0.528. The van der Waals surface area contributed by atoms with Gasteiger partial charge in [-0.15, -0.1) is 11.8 Å². The molecule has 1 aromatic carbocycles. The number of fused-ring (bicyclic) bond motifs is 1. The van der Waals surface area contributed by atoms with Crippen molar-refractivity contribution in [2.24, 2.45) is 5.92 Å². The summed E-state index contributed by atoms with van der Waals surface area (Å²) in [4.78, 5) is 19.0. The molecule has 1 fully saturated rings. The van der Waals surface area contributed by atoms with E-state index >= 15 is 0 Å². The minimum atomic E-state index is -0.420. The summed E-state index contributed by atoms with van der Waals surface area (Å²) < 4.78 is 0. The number of benzene rings is 1. The molecule has 1 aliphatic rings. The van der Waals surface area contributed by atoms with Gasteiger partial charge in [0.15, 0.2) is 0 Å². The van der Waals surface area contributed by atoms with E-state index in [9.17, 15) is 10.1 Å². The maximum atomic E-state index is 10.7. The Bertz CT molecular complexity index is 643. The van der Waals surface area contributed by atoms with Crippen molar-refractivity contribution in [3.05, 3.63) is 34.5 Å². The molecule has 7 heteroatoms. The second-order valence-corrected chi connectivity index (χ2v) is 5.85. The number of nitro benzene ring substituents is 1. The highest BCUT2D eigenvalue weighted by Crippen LogP contribution is 2.24. The predicted molar refractivity (Wildman–Crippen MR) is 77.9 cm³/mol. The lowest BCUT2D eigenvalue weighted by atomic mass is 10.2. The van der Waals surface area contributed by atoms with Gasteiger partial charge in [0.25, 0.3) is 5.69 Å². The van der Waals surface area contributed by atoms with Crippen molar-refractivity contribution >= 4 is 28.5 Å². The van der Waals surface area contributed by atoms with Gasteiger partial charge < -0.3 is 5.32 Å². The van der Waals surface area contributed by atoms with Crippen LogP contribution < -0.4 is 5.32 Å². The zero-order valence-electron chi connectivity index (χ0n) is 10.8. The second kappa shape index (κ2) is 5.72. The molecule has 0 saturated carbocycles. The van der Waals surface area contributed by atoms with Crippen LogP contribution in [0.15, 0.2) is 29.4 Å². The molecule has 0 amide bonds. The number of rotatable bonds is 4. The Kier molecular flexibility index (Phi) is 3.79. The average molecular weight is 290 g/mol. The van der Waals surface area contributed by atoms with Gasteiger partial charge in [0.05, 0.1) is 22.2 Å². The van der Waals surface area contributed by atoms with Crippen LogP contribution in [0.5, 0.6) is 0 Å². The topological polar surface area (TPSA) is 81.0 Å². The van der Waals surface area contributed by atoms with Crippen molar-refractivity contribution in [2.45, 2.75) is 11.4 Å². The highest BCUT2D eigenvalue weighted by molar-refractivity contribution is 7.99. The van der Waals surface area contributed by atoms with Crippen LogP contribution >= 0.6 is 11.8 Å². The van der Waals surface area contributed by atoms with Crippen molar-refractivity contribution in [3.8, 4) is 0 Å². The molecule has 1 aliphatic heterocycles. The first-order chi connectivity index (χ1) is 9.72. The van der Waals surface area contributed by atoms with Crippen LogP contribution in [-0.4, -0.2) is 33.7 Å². The molecule has 1 unspecified atom stereocenters. The first kappa shape index (κ1) is 13.3. The van der Waals surface area contributed by atoms with E-state index < -0.39 is 4.92 Å². The van der Waals surface area contributed by atoms with Crippen LogP contribution in [-0.2, 0) is 0 Å². The molecule has 1 aromatic heterocycles. The molecule has 1 saturated heterocycles. The summed E-state index contributed by atoms with van der Waals surface area (Å²) in [5, 5.41) is 14.9. The van der Waals surface area contributed by atoms with Gasteiger partial charge in [0.2, 0.25) is 0 Å². The van der Waals surface area contributed by atoms with Gasteiger partial charge in [-0.3, -0.25) is 15.1 Å². The highest BCUT2D eigenvalue weighted by Gasteiger charge is 2.15. The van der Waals surface area contributed by atoms with E-state index in [-0.39, 0.29) is 5.69 Å². The normalized spacial score (nSPS) is 18.5. The number of hydrogen-bond acceptors (Lipinski definition) is 6. The van der Waals surface area contributed by atoms with Gasteiger partial charge in [-0.05, 0) is 31.5 Å². The first-order valence-electron chi connectivity index (χ1n) is 6.47. The fourth-order valence-electron chi connectivity index (χ4n) is 2.23. The Balaban J connectivity index is 1.76. The van der Waals surface area contributed by atoms with Crippen molar-refractivity contribution in [2.75, 3.05) is 18.8 Å². The Labute approximate surface area is 120 Å². The molecular weight excluding hydrogens is 276 g/mol. The minimum Gasteiger partial charge on any atom is -0.316 e. The molecule has 104 valence electrons. The molecular formula is C13H14N4O2S. The lowest BCUT2D eigenvalue weighted by Gasteiger charge is -2.07. The van der Waals surface area contributed by atoms with Crippen molar-refractivity contribution < 1.29 is 4.92 Å². The molecule has 3 rings (SSSR count). The van der Waals surface area contributed by atoms with E-state index in [1.807, 2.05) is 0 Å². The Morgan fingerprint density at radius 3 is 3.10 bits per heavy atom. The van der Waals surface area contributed by atoms with Gasteiger partial charge in [-0.25, -0.2) is 4.98 Å². The maximum Gasteiger partial charge on any atom is 0.271 e. The number of hydrogen-bond donors (Lipinski definition) is 1. The van der Waals surface area contributed by atoms with Crippen LogP contribution in [0.1, 0.15) is 6.42 Å². The summed E-state index contributed by atoms with van der Waals surface area (Å²) in [6.07, 6.45) is 2.90. The van der Waals surface area contributed by atoms with E-state index in [1.54, 1.807) is 24.0 Å². The van der Waals surface area contributed by atoms with Crippen LogP contribution in [0.25, 0.3) is 11.0 Å². The van der Waals surface area contributed by atoms with E-state index in [4.69, 9.17) is 0 Å². The molecule has 20 heavy (non-hydrogen) atoms. The molecule has 0 spiro atoms. The molecule has 0 bridgehead atoms. The molecule has 2 aromatic rings. The Morgan fingerprint density at radius 1 is 1.45 bits per heavy atom. The summed E-state index contributed by atoms with van der Waals surface area (Å²) in [5.41, 5.74) is 1.31. The predicted octanol–water partition coefficient (Wildman–Crippen LogP) is 2.24. The van der Waals surface area contributed by atoms with Gasteiger partial charge in [-0.1, -0.05) is 0 Å². The fraction of sp³-hybridized carbons (Fsp3) is 0.385. The number of aromatic nitrogens is 2. The third kappa shape index (κ3) is 2.88. The van der Waals surface area contributed by atoms with Gasteiger partial charge >= 0.3 is 0 Å². The second-order valence-electron chi connectivity index (χ2n) is 4.81. The summed E-state index contributed by atoms with van der Waals surface area (Å²) in [6, 6.07) is 4.58. The lowest BCUT2D eigenvalue weighted by Crippen LogP contribution is -2.10. The number of non-ortho nitro benzene ring substituents is 1. The van der Waals surface area contributed by atoms with E-state index in [2.05, 4.69) is 15.3 Å². The number of nitrogens with zero attached hydrogens (tertiary/aromatic N) is 3. The SMILES string of the molecule is O=[N+]([O-])c1ccc2nc(SCC3CCNC3)cnc2c1. The number of nitro groups is 1. The van der Waals surface area contributed by atoms with Crippen molar-refractivity contribution in [1.29, 1.82) is 0 Å². The summed E-state index contributed by atoms with van der Waals surface area (Å²) in [6.45, 7) is 2.17. The van der Waals surface area contributed by atoms with E-state index in [0.717, 1.165) is 23.9 Å². The summed E-state index contributed by atoms with van der Waals surface area (Å²) in [7, 11) is 0. The zero-order valence-corrected chi connectivity index (χ0v) is 11.6. The molecule has 0 aliphatic carbocycles. The number of thioether (sulfide) groups is 1. The molecule has 0 radical (unpaired) electrons. The summed E-state index contributed by atoms with van der Waals surface area (Å²) >= 11 is 1.70. The maximum absolute atomic E-state index is 10.7. The summed E-state index contributed by atoms with van der Waals surface area (Å²) in [5.74, 6) is 1.72. The van der Waals surface area contributed by atoms with Gasteiger partial charge in [-0.2, -0.15) is 0 Å². The zero-order chi connectivity index (χ0) is 13.9. The third-order valence-electron chi connectivity index (χ3n) is 3.34. The minimum absolute atomic E-state index is 0.0456. The van der Waals surface area contributed by atoms with Gasteiger partial charge in [0, 0.05) is 17.9 Å². The van der Waals surface area contributed by atoms with Crippen molar-refractivity contribution in [1.82, 2.24) is 15.3 Å². The van der Waals surface area contributed by atoms with Crippen LogP contribution in [0, 0.1) is 16.0 Å². The van der Waals surface area contributed by atoms with E-state index in [1.165, 1.54) is 18.6 Å². The van der Waals surface area contributed by atoms with E-state index in [0.29, 0.717) is 17.0 Å². The van der Waals surface area contributed by atoms with Crippen molar-refractivity contribution in [3.63, 3.8) is 0 Å². The molecule has 6 nitrogen and oxygen atoms in total. The number of nitrogens with one attached hydrogen (secondary N) is 1. The lowest BCUT2D eigenvalue weighted by molar-refractivity contribution is -0.384. The largest absolute Gasteiger partial charge is 0.316 e. The molecule has 1 N–H and O–H groups in total. The third-order valence-corrected chi connectivity index (χ3v) is 4.47. The van der Waals surface area contributed by atoms with Crippen LogP contribution in [0.3, 0.4) is 0 Å². The average Bonchev–Trinajstić information content (AvgIpc) is 2.97. The smallest absolute Gasteiger partial charge is 0.271 e. The standard InChI is InChI=1S/C13H14N4O2S/c18-17(19)10-1-2-11-12(5-10)15-7-13(16-11)20-8-9-3-4-14-6-9/h1-2,5,7,9,14H,3-4,6,8H2. The Hall–Kier alpha value is -1.73. The van der Waals surface area contributed by atoms with Crippen LogP contribution in [0.2, 0.25) is 0 Å². The van der Waals surface area contributed by atoms with Gasteiger partial charge in [0.1, 0.15) is 5.03 Å². The fourth-order valence-corrected chi connectivity index (χ4v) is 3.21.